The van der Waals surface area contributed by atoms with Gasteiger partial charge in [-0.05, 0) is 12.5 Å². The first-order valence-corrected chi connectivity index (χ1v) is 6.71. The summed E-state index contributed by atoms with van der Waals surface area (Å²) in [6.07, 6.45) is 9.85. The standard InChI is InChI=1S/C19H18N2/c1-4-8-18(12-11-17-9-6-5-7-10-17)19(14-20,15-21)13-16(2)3/h1,5-7,9-12,18H,2,8,13H2,3H3/b12-11+. The van der Waals surface area contributed by atoms with E-state index in [1.54, 1.807) is 0 Å². The summed E-state index contributed by atoms with van der Waals surface area (Å²) in [6, 6.07) is 14.0. The van der Waals surface area contributed by atoms with Gasteiger partial charge in [0.05, 0.1) is 12.1 Å². The molecule has 1 unspecified atom stereocenters. The normalized spacial score (nSPS) is 12.1. The first-order valence-electron chi connectivity index (χ1n) is 6.71. The van der Waals surface area contributed by atoms with Crippen molar-refractivity contribution in [3.63, 3.8) is 0 Å². The molecule has 0 heterocycles. The third-order valence-electron chi connectivity index (χ3n) is 3.27. The zero-order valence-electron chi connectivity index (χ0n) is 12.2. The van der Waals surface area contributed by atoms with E-state index in [1.807, 2.05) is 49.4 Å². The van der Waals surface area contributed by atoms with Crippen molar-refractivity contribution in [1.82, 2.24) is 0 Å². The van der Waals surface area contributed by atoms with Crippen LogP contribution in [0.2, 0.25) is 0 Å². The topological polar surface area (TPSA) is 47.6 Å². The maximum absolute atomic E-state index is 9.50. The van der Waals surface area contributed by atoms with E-state index in [0.29, 0.717) is 12.8 Å². The van der Waals surface area contributed by atoms with Crippen LogP contribution in [0.15, 0.2) is 48.6 Å². The molecule has 1 rings (SSSR count). The smallest absolute Gasteiger partial charge is 0.154 e. The average molecular weight is 274 g/mol. The van der Waals surface area contributed by atoms with Crippen molar-refractivity contribution in [2.24, 2.45) is 11.3 Å². The lowest BCUT2D eigenvalue weighted by molar-refractivity contribution is 0.384. The van der Waals surface area contributed by atoms with Crippen LogP contribution in [0.1, 0.15) is 25.3 Å². The minimum atomic E-state index is -1.16. The molecule has 0 radical (unpaired) electrons. The van der Waals surface area contributed by atoms with Gasteiger partial charge in [0.1, 0.15) is 0 Å². The summed E-state index contributed by atoms with van der Waals surface area (Å²) in [5.41, 5.74) is 0.650. The van der Waals surface area contributed by atoms with Gasteiger partial charge in [-0.25, -0.2) is 0 Å². The van der Waals surface area contributed by atoms with E-state index >= 15 is 0 Å². The summed E-state index contributed by atoms with van der Waals surface area (Å²) in [4.78, 5) is 0. The van der Waals surface area contributed by atoms with Gasteiger partial charge in [0.25, 0.3) is 0 Å². The molecule has 0 saturated heterocycles. The van der Waals surface area contributed by atoms with Crippen LogP contribution in [0.3, 0.4) is 0 Å². The number of benzene rings is 1. The predicted octanol–water partition coefficient (Wildman–Crippen LogP) is 4.34. The van der Waals surface area contributed by atoms with Crippen molar-refractivity contribution in [1.29, 1.82) is 10.5 Å². The molecule has 2 heteroatoms. The first-order chi connectivity index (χ1) is 10.1. The number of hydrogen-bond acceptors (Lipinski definition) is 2. The van der Waals surface area contributed by atoms with Gasteiger partial charge in [-0.15, -0.1) is 18.9 Å². The van der Waals surface area contributed by atoms with Crippen LogP contribution < -0.4 is 0 Å². The third kappa shape index (κ3) is 4.38. The highest BCUT2D eigenvalue weighted by atomic mass is 14.4. The zero-order chi connectivity index (χ0) is 15.7. The summed E-state index contributed by atoms with van der Waals surface area (Å²) in [5.74, 6) is 2.24. The van der Waals surface area contributed by atoms with Crippen LogP contribution in [-0.4, -0.2) is 0 Å². The second-order valence-electron chi connectivity index (χ2n) is 5.11. The lowest BCUT2D eigenvalue weighted by atomic mass is 9.72. The molecule has 0 aromatic heterocycles. The van der Waals surface area contributed by atoms with Gasteiger partial charge in [0, 0.05) is 18.8 Å². The van der Waals surface area contributed by atoms with Gasteiger partial charge in [0.15, 0.2) is 5.41 Å². The lowest BCUT2D eigenvalue weighted by Gasteiger charge is -2.25. The van der Waals surface area contributed by atoms with E-state index in [9.17, 15) is 10.5 Å². The average Bonchev–Trinajstić information content (AvgIpc) is 2.50. The molecule has 0 amide bonds. The van der Waals surface area contributed by atoms with E-state index in [-0.39, 0.29) is 5.92 Å². The maximum atomic E-state index is 9.50. The fourth-order valence-electron chi connectivity index (χ4n) is 2.20. The number of terminal acetylenes is 1. The van der Waals surface area contributed by atoms with Crippen LogP contribution in [0.25, 0.3) is 6.08 Å². The van der Waals surface area contributed by atoms with Gasteiger partial charge >= 0.3 is 0 Å². The third-order valence-corrected chi connectivity index (χ3v) is 3.27. The molecular weight excluding hydrogens is 256 g/mol. The molecular formula is C19H18N2. The summed E-state index contributed by atoms with van der Waals surface area (Å²) < 4.78 is 0. The highest BCUT2D eigenvalue weighted by molar-refractivity contribution is 5.50. The van der Waals surface area contributed by atoms with Crippen LogP contribution in [0, 0.1) is 46.3 Å². The zero-order valence-corrected chi connectivity index (χ0v) is 12.2. The summed E-state index contributed by atoms with van der Waals surface area (Å²) in [6.45, 7) is 5.64. The van der Waals surface area contributed by atoms with Crippen molar-refractivity contribution in [3.05, 3.63) is 54.1 Å². The Morgan fingerprint density at radius 3 is 2.43 bits per heavy atom. The molecule has 21 heavy (non-hydrogen) atoms. The quantitative estimate of drug-likeness (QED) is 0.572. The Labute approximate surface area is 127 Å². The Bertz CT molecular complexity index is 619. The van der Waals surface area contributed by atoms with E-state index in [0.717, 1.165) is 11.1 Å². The van der Waals surface area contributed by atoms with Crippen LogP contribution >= 0.6 is 0 Å². The minimum absolute atomic E-state index is 0.325. The molecule has 0 aliphatic heterocycles. The molecule has 0 bridgehead atoms. The van der Waals surface area contributed by atoms with Crippen LogP contribution in [-0.2, 0) is 0 Å². The van der Waals surface area contributed by atoms with E-state index < -0.39 is 5.41 Å². The van der Waals surface area contributed by atoms with Crippen molar-refractivity contribution in [2.75, 3.05) is 0 Å². The molecule has 1 atom stereocenters. The molecule has 0 spiro atoms. The number of allylic oxidation sites excluding steroid dienone is 2. The Kier molecular flexibility index (Phi) is 6.00. The summed E-state index contributed by atoms with van der Waals surface area (Å²) in [5, 5.41) is 19.0. The van der Waals surface area contributed by atoms with Crippen molar-refractivity contribution in [2.45, 2.75) is 19.8 Å². The van der Waals surface area contributed by atoms with Crippen molar-refractivity contribution < 1.29 is 0 Å². The number of hydrogen-bond donors (Lipinski definition) is 0. The van der Waals surface area contributed by atoms with Crippen molar-refractivity contribution in [3.8, 4) is 24.5 Å². The van der Waals surface area contributed by atoms with Gasteiger partial charge in [-0.1, -0.05) is 48.1 Å². The molecule has 0 fully saturated rings. The Balaban J connectivity index is 3.13. The molecule has 0 saturated carbocycles. The van der Waals surface area contributed by atoms with Crippen LogP contribution in [0.4, 0.5) is 0 Å². The maximum Gasteiger partial charge on any atom is 0.154 e. The predicted molar refractivity (Wildman–Crippen MR) is 85.5 cm³/mol. The largest absolute Gasteiger partial charge is 0.197 e. The SMILES string of the molecule is C#CCC(/C=C/c1ccccc1)C(C#N)(C#N)CC(=C)C. The second kappa shape index (κ2) is 7.74. The highest BCUT2D eigenvalue weighted by Crippen LogP contribution is 2.36. The minimum Gasteiger partial charge on any atom is -0.197 e. The van der Waals surface area contributed by atoms with Gasteiger partial charge in [-0.3, -0.25) is 0 Å². The van der Waals surface area contributed by atoms with E-state index in [4.69, 9.17) is 6.42 Å². The summed E-state index contributed by atoms with van der Waals surface area (Å²) in [7, 11) is 0. The fourth-order valence-corrected chi connectivity index (χ4v) is 2.20. The number of nitriles is 2. The lowest BCUT2D eigenvalue weighted by Crippen LogP contribution is -2.26. The monoisotopic (exact) mass is 274 g/mol. The second-order valence-corrected chi connectivity index (χ2v) is 5.11. The van der Waals surface area contributed by atoms with Crippen LogP contribution in [0.5, 0.6) is 0 Å². The molecule has 0 aliphatic carbocycles. The van der Waals surface area contributed by atoms with Gasteiger partial charge in [0.2, 0.25) is 0 Å². The number of nitrogens with zero attached hydrogens (tertiary/aromatic N) is 2. The fraction of sp³-hybridized carbons (Fsp3) is 0.263. The van der Waals surface area contributed by atoms with E-state index in [2.05, 4.69) is 24.6 Å². The molecule has 0 N–H and O–H groups in total. The van der Waals surface area contributed by atoms with Crippen molar-refractivity contribution >= 4 is 6.08 Å². The summed E-state index contributed by atoms with van der Waals surface area (Å²) >= 11 is 0. The first kappa shape index (κ1) is 16.3. The molecule has 1 aromatic rings. The van der Waals surface area contributed by atoms with Gasteiger partial charge < -0.3 is 0 Å². The molecule has 0 aliphatic rings. The molecule has 1 aromatic carbocycles. The Morgan fingerprint density at radius 1 is 1.33 bits per heavy atom. The molecule has 104 valence electrons. The highest BCUT2D eigenvalue weighted by Gasteiger charge is 2.37. The molecule has 2 nitrogen and oxygen atoms in total. The van der Waals surface area contributed by atoms with Gasteiger partial charge in [-0.2, -0.15) is 10.5 Å². The number of rotatable bonds is 6. The Hall–Kier alpha value is -2.76. The Morgan fingerprint density at radius 2 is 1.95 bits per heavy atom. The van der Waals surface area contributed by atoms with E-state index in [1.165, 1.54) is 0 Å².